The Hall–Kier alpha value is -1.78. The zero-order valence-corrected chi connectivity index (χ0v) is 9.04. The third-order valence-corrected chi connectivity index (χ3v) is 2.74. The van der Waals surface area contributed by atoms with Crippen LogP contribution in [0, 0.1) is 0 Å². The zero-order valence-electron chi connectivity index (χ0n) is 9.04. The summed E-state index contributed by atoms with van der Waals surface area (Å²) in [4.78, 5) is 18.7. The van der Waals surface area contributed by atoms with Crippen molar-refractivity contribution in [2.75, 3.05) is 31.1 Å². The van der Waals surface area contributed by atoms with Crippen LogP contribution < -0.4 is 4.90 Å². The highest BCUT2D eigenvalue weighted by Gasteiger charge is 2.18. The normalized spacial score (nSPS) is 17.0. The van der Waals surface area contributed by atoms with Crippen LogP contribution in [0.4, 0.5) is 10.6 Å². The first-order valence-electron chi connectivity index (χ1n) is 5.41. The van der Waals surface area contributed by atoms with Gasteiger partial charge < -0.3 is 14.9 Å². The van der Waals surface area contributed by atoms with Crippen LogP contribution in [-0.4, -0.2) is 47.3 Å². The van der Waals surface area contributed by atoms with E-state index >= 15 is 0 Å². The Morgan fingerprint density at radius 2 is 2.12 bits per heavy atom. The minimum Gasteiger partial charge on any atom is -0.465 e. The van der Waals surface area contributed by atoms with Crippen molar-refractivity contribution in [3.05, 3.63) is 24.4 Å². The summed E-state index contributed by atoms with van der Waals surface area (Å²) in [6.45, 7) is 2.73. The lowest BCUT2D eigenvalue weighted by Gasteiger charge is -2.21. The van der Waals surface area contributed by atoms with E-state index in [1.807, 2.05) is 18.2 Å². The van der Waals surface area contributed by atoms with Crippen molar-refractivity contribution in [3.8, 4) is 0 Å². The van der Waals surface area contributed by atoms with Crippen LogP contribution in [0.25, 0.3) is 0 Å². The fourth-order valence-corrected chi connectivity index (χ4v) is 1.88. The summed E-state index contributed by atoms with van der Waals surface area (Å²) in [7, 11) is 0. The first-order valence-corrected chi connectivity index (χ1v) is 5.41. The van der Waals surface area contributed by atoms with Gasteiger partial charge in [0.15, 0.2) is 0 Å². The third kappa shape index (κ3) is 2.42. The van der Waals surface area contributed by atoms with E-state index in [-0.39, 0.29) is 0 Å². The van der Waals surface area contributed by atoms with Crippen LogP contribution in [0.1, 0.15) is 6.42 Å². The van der Waals surface area contributed by atoms with Gasteiger partial charge in [0.1, 0.15) is 5.82 Å². The van der Waals surface area contributed by atoms with Gasteiger partial charge in [-0.05, 0) is 18.6 Å². The third-order valence-electron chi connectivity index (χ3n) is 2.74. The van der Waals surface area contributed by atoms with E-state index in [1.165, 1.54) is 4.90 Å². The first-order chi connectivity index (χ1) is 7.77. The highest BCUT2D eigenvalue weighted by Crippen LogP contribution is 2.12. The van der Waals surface area contributed by atoms with Gasteiger partial charge in [0, 0.05) is 32.4 Å². The molecule has 5 nitrogen and oxygen atoms in total. The quantitative estimate of drug-likeness (QED) is 0.776. The zero-order chi connectivity index (χ0) is 11.4. The molecule has 1 aliphatic heterocycles. The van der Waals surface area contributed by atoms with Crippen LogP contribution in [0.5, 0.6) is 0 Å². The lowest BCUT2D eigenvalue weighted by Crippen LogP contribution is -2.34. The Morgan fingerprint density at radius 3 is 2.81 bits per heavy atom. The Morgan fingerprint density at radius 1 is 1.25 bits per heavy atom. The van der Waals surface area contributed by atoms with Gasteiger partial charge in [0.25, 0.3) is 0 Å². The van der Waals surface area contributed by atoms with Crippen molar-refractivity contribution in [2.24, 2.45) is 0 Å². The van der Waals surface area contributed by atoms with Gasteiger partial charge in [0.2, 0.25) is 0 Å². The van der Waals surface area contributed by atoms with Crippen LogP contribution in [0.2, 0.25) is 0 Å². The molecule has 0 aromatic carbocycles. The molecule has 0 aliphatic carbocycles. The van der Waals surface area contributed by atoms with E-state index in [0.717, 1.165) is 18.8 Å². The number of carbonyl (C=O) groups is 1. The Kier molecular flexibility index (Phi) is 3.24. The van der Waals surface area contributed by atoms with Gasteiger partial charge in [-0.1, -0.05) is 6.07 Å². The average molecular weight is 221 g/mol. The fourth-order valence-electron chi connectivity index (χ4n) is 1.88. The summed E-state index contributed by atoms with van der Waals surface area (Å²) in [6.07, 6.45) is 1.78. The maximum absolute atomic E-state index is 10.8. The molecule has 0 saturated carbocycles. The minimum absolute atomic E-state index is 0.548. The summed E-state index contributed by atoms with van der Waals surface area (Å²) in [6, 6.07) is 5.78. The molecule has 1 fully saturated rings. The average Bonchev–Trinajstić information content (AvgIpc) is 2.55. The molecule has 0 unspecified atom stereocenters. The molecular formula is C11H15N3O2. The first kappa shape index (κ1) is 10.7. The van der Waals surface area contributed by atoms with Crippen molar-refractivity contribution < 1.29 is 9.90 Å². The van der Waals surface area contributed by atoms with Gasteiger partial charge in [-0.25, -0.2) is 9.78 Å². The summed E-state index contributed by atoms with van der Waals surface area (Å²) in [5.74, 6) is 0.926. The number of aromatic nitrogens is 1. The van der Waals surface area contributed by atoms with Gasteiger partial charge in [-0.2, -0.15) is 0 Å². The summed E-state index contributed by atoms with van der Waals surface area (Å²) >= 11 is 0. The SMILES string of the molecule is O=C(O)N1CCCN(c2ccccn2)CC1. The second kappa shape index (κ2) is 4.83. The Bertz CT molecular complexity index is 356. The second-order valence-electron chi connectivity index (χ2n) is 3.80. The van der Waals surface area contributed by atoms with E-state index in [1.54, 1.807) is 6.20 Å². The molecule has 1 amide bonds. The van der Waals surface area contributed by atoms with Crippen molar-refractivity contribution in [1.82, 2.24) is 9.88 Å². The van der Waals surface area contributed by atoms with Crippen molar-refractivity contribution in [3.63, 3.8) is 0 Å². The smallest absolute Gasteiger partial charge is 0.407 e. The van der Waals surface area contributed by atoms with Crippen molar-refractivity contribution >= 4 is 11.9 Å². The molecule has 0 radical (unpaired) electrons. The van der Waals surface area contributed by atoms with Gasteiger partial charge in [0.05, 0.1) is 0 Å². The monoisotopic (exact) mass is 221 g/mol. The lowest BCUT2D eigenvalue weighted by atomic mass is 10.3. The number of hydrogen-bond donors (Lipinski definition) is 1. The number of anilines is 1. The standard InChI is InChI=1S/C11H15N3O2/c15-11(16)14-7-3-6-13(8-9-14)10-4-1-2-5-12-10/h1-2,4-5H,3,6-9H2,(H,15,16). The summed E-state index contributed by atoms with van der Waals surface area (Å²) < 4.78 is 0. The minimum atomic E-state index is -0.831. The predicted octanol–water partition coefficient (Wildman–Crippen LogP) is 1.27. The molecule has 5 heteroatoms. The molecule has 1 N–H and O–H groups in total. The summed E-state index contributed by atoms with van der Waals surface area (Å²) in [5.41, 5.74) is 0. The molecule has 1 aromatic heterocycles. The van der Waals surface area contributed by atoms with Crippen molar-refractivity contribution in [2.45, 2.75) is 6.42 Å². The highest BCUT2D eigenvalue weighted by molar-refractivity contribution is 5.65. The largest absolute Gasteiger partial charge is 0.465 e. The predicted molar refractivity (Wildman–Crippen MR) is 60.7 cm³/mol. The van der Waals surface area contributed by atoms with Crippen LogP contribution in [-0.2, 0) is 0 Å². The van der Waals surface area contributed by atoms with E-state index in [4.69, 9.17) is 5.11 Å². The van der Waals surface area contributed by atoms with Gasteiger partial charge in [-0.15, -0.1) is 0 Å². The fraction of sp³-hybridized carbons (Fsp3) is 0.455. The Labute approximate surface area is 94.3 Å². The van der Waals surface area contributed by atoms with Crippen LogP contribution in [0.15, 0.2) is 24.4 Å². The highest BCUT2D eigenvalue weighted by atomic mass is 16.4. The molecule has 0 bridgehead atoms. The van der Waals surface area contributed by atoms with Crippen LogP contribution >= 0.6 is 0 Å². The molecule has 2 heterocycles. The van der Waals surface area contributed by atoms with Crippen molar-refractivity contribution in [1.29, 1.82) is 0 Å². The number of amides is 1. The number of hydrogen-bond acceptors (Lipinski definition) is 3. The molecule has 1 saturated heterocycles. The molecule has 0 spiro atoms. The molecule has 1 aromatic rings. The van der Waals surface area contributed by atoms with E-state index < -0.39 is 6.09 Å². The Balaban J connectivity index is 2.02. The van der Waals surface area contributed by atoms with Gasteiger partial charge in [-0.3, -0.25) is 0 Å². The van der Waals surface area contributed by atoms with E-state index in [0.29, 0.717) is 19.6 Å². The molecule has 1 aliphatic rings. The second-order valence-corrected chi connectivity index (χ2v) is 3.80. The van der Waals surface area contributed by atoms with E-state index in [9.17, 15) is 4.79 Å². The topological polar surface area (TPSA) is 56.7 Å². The summed E-state index contributed by atoms with van der Waals surface area (Å²) in [5, 5.41) is 8.91. The maximum Gasteiger partial charge on any atom is 0.407 e. The molecule has 16 heavy (non-hydrogen) atoms. The van der Waals surface area contributed by atoms with Gasteiger partial charge >= 0.3 is 6.09 Å². The number of rotatable bonds is 1. The number of pyridine rings is 1. The molecular weight excluding hydrogens is 206 g/mol. The maximum atomic E-state index is 10.8. The number of nitrogens with zero attached hydrogens (tertiary/aromatic N) is 3. The molecule has 0 atom stereocenters. The lowest BCUT2D eigenvalue weighted by molar-refractivity contribution is 0.148. The molecule has 86 valence electrons. The number of carboxylic acid groups (broad SMARTS) is 1. The molecule has 2 rings (SSSR count). The van der Waals surface area contributed by atoms with Crippen LogP contribution in [0.3, 0.4) is 0 Å². The van der Waals surface area contributed by atoms with E-state index in [2.05, 4.69) is 9.88 Å².